The van der Waals surface area contributed by atoms with E-state index in [2.05, 4.69) is 11.1 Å². The molecule has 0 aliphatic heterocycles. The van der Waals surface area contributed by atoms with Crippen LogP contribution in [0.15, 0.2) is 41.4 Å². The summed E-state index contributed by atoms with van der Waals surface area (Å²) in [6.07, 6.45) is 0. The van der Waals surface area contributed by atoms with Gasteiger partial charge in [-0.2, -0.15) is 4.99 Å². The highest BCUT2D eigenvalue weighted by atomic mass is 32.1. The van der Waals surface area contributed by atoms with E-state index < -0.39 is 11.9 Å². The maximum Gasteiger partial charge on any atom is 0.325 e. The normalized spacial score (nSPS) is 11.5. The number of carbonyl (C=O) groups is 2. The van der Waals surface area contributed by atoms with Crippen molar-refractivity contribution in [3.05, 3.63) is 52.3 Å². The number of aromatic nitrogens is 1. The highest BCUT2D eigenvalue weighted by Crippen LogP contribution is 2.26. The Kier molecular flexibility index (Phi) is 6.33. The zero-order valence-electron chi connectivity index (χ0n) is 16.7. The van der Waals surface area contributed by atoms with Crippen LogP contribution < -0.4 is 14.3 Å². The Labute approximate surface area is 172 Å². The SMILES string of the molecule is COC(=O)Cn1c(=NC(=O)COc2ccccc2OC)sc2c(C)cc(C)cc21. The first kappa shape index (κ1) is 20.6. The van der Waals surface area contributed by atoms with Crippen LogP contribution in [-0.2, 0) is 20.9 Å². The third kappa shape index (κ3) is 4.65. The molecular weight excluding hydrogens is 392 g/mol. The monoisotopic (exact) mass is 414 g/mol. The largest absolute Gasteiger partial charge is 0.493 e. The molecule has 0 spiro atoms. The van der Waals surface area contributed by atoms with Gasteiger partial charge in [-0.05, 0) is 43.2 Å². The lowest BCUT2D eigenvalue weighted by Gasteiger charge is -2.08. The zero-order valence-corrected chi connectivity index (χ0v) is 17.5. The second kappa shape index (κ2) is 8.91. The molecule has 0 aliphatic rings. The fourth-order valence-corrected chi connectivity index (χ4v) is 4.06. The minimum Gasteiger partial charge on any atom is -0.493 e. The van der Waals surface area contributed by atoms with Gasteiger partial charge < -0.3 is 18.8 Å². The molecule has 0 saturated carbocycles. The van der Waals surface area contributed by atoms with E-state index >= 15 is 0 Å². The molecular formula is C21H22N2O5S. The summed E-state index contributed by atoms with van der Waals surface area (Å²) >= 11 is 1.36. The molecule has 0 radical (unpaired) electrons. The molecule has 3 aromatic rings. The molecule has 1 aromatic heterocycles. The van der Waals surface area contributed by atoms with Gasteiger partial charge >= 0.3 is 5.97 Å². The zero-order chi connectivity index (χ0) is 21.0. The Morgan fingerprint density at radius 2 is 1.83 bits per heavy atom. The maximum atomic E-state index is 12.5. The molecule has 0 fully saturated rings. The van der Waals surface area contributed by atoms with Crippen molar-refractivity contribution in [1.82, 2.24) is 4.57 Å². The number of esters is 1. The van der Waals surface area contributed by atoms with Gasteiger partial charge in [0.1, 0.15) is 6.54 Å². The van der Waals surface area contributed by atoms with Gasteiger partial charge in [0.25, 0.3) is 5.91 Å². The summed E-state index contributed by atoms with van der Waals surface area (Å²) in [5, 5.41) is 0. The van der Waals surface area contributed by atoms with Gasteiger partial charge in [-0.1, -0.05) is 29.5 Å². The first-order valence-electron chi connectivity index (χ1n) is 8.93. The van der Waals surface area contributed by atoms with E-state index in [1.807, 2.05) is 26.0 Å². The van der Waals surface area contributed by atoms with Crippen LogP contribution in [0.2, 0.25) is 0 Å². The number of hydrogen-bond acceptors (Lipinski definition) is 6. The van der Waals surface area contributed by atoms with Gasteiger partial charge in [-0.25, -0.2) is 0 Å². The molecule has 152 valence electrons. The summed E-state index contributed by atoms with van der Waals surface area (Å²) in [5.41, 5.74) is 2.96. The number of rotatable bonds is 6. The summed E-state index contributed by atoms with van der Waals surface area (Å²) < 4.78 is 18.2. The quantitative estimate of drug-likeness (QED) is 0.580. The van der Waals surface area contributed by atoms with Crippen molar-refractivity contribution in [2.24, 2.45) is 4.99 Å². The van der Waals surface area contributed by atoms with Crippen molar-refractivity contribution in [1.29, 1.82) is 0 Å². The number of nitrogens with zero attached hydrogens (tertiary/aromatic N) is 2. The molecule has 0 saturated heterocycles. The van der Waals surface area contributed by atoms with Crippen LogP contribution in [-0.4, -0.2) is 37.3 Å². The molecule has 0 bridgehead atoms. The number of fused-ring (bicyclic) bond motifs is 1. The topological polar surface area (TPSA) is 79.1 Å². The van der Waals surface area contributed by atoms with Crippen LogP contribution in [0.1, 0.15) is 11.1 Å². The molecule has 2 aromatic carbocycles. The molecule has 0 N–H and O–H groups in total. The molecule has 29 heavy (non-hydrogen) atoms. The van der Waals surface area contributed by atoms with E-state index in [0.29, 0.717) is 16.3 Å². The number of para-hydroxylation sites is 2. The predicted molar refractivity (Wildman–Crippen MR) is 110 cm³/mol. The van der Waals surface area contributed by atoms with Crippen molar-refractivity contribution in [2.75, 3.05) is 20.8 Å². The van der Waals surface area contributed by atoms with E-state index in [0.717, 1.165) is 21.3 Å². The van der Waals surface area contributed by atoms with E-state index in [1.54, 1.807) is 22.8 Å². The molecule has 1 amide bonds. The number of hydrogen-bond donors (Lipinski definition) is 0. The fourth-order valence-electron chi connectivity index (χ4n) is 2.96. The number of ether oxygens (including phenoxy) is 3. The first-order chi connectivity index (χ1) is 13.9. The van der Waals surface area contributed by atoms with Crippen molar-refractivity contribution in [3.63, 3.8) is 0 Å². The van der Waals surface area contributed by atoms with Gasteiger partial charge in [-0.3, -0.25) is 9.59 Å². The summed E-state index contributed by atoms with van der Waals surface area (Å²) in [7, 11) is 2.86. The predicted octanol–water partition coefficient (Wildman–Crippen LogP) is 3.01. The molecule has 8 heteroatoms. The Hall–Kier alpha value is -3.13. The number of carbonyl (C=O) groups excluding carboxylic acids is 2. The van der Waals surface area contributed by atoms with E-state index in [1.165, 1.54) is 25.6 Å². The minimum absolute atomic E-state index is 0.0289. The lowest BCUT2D eigenvalue weighted by molar-refractivity contribution is -0.141. The molecule has 3 rings (SSSR count). The Morgan fingerprint density at radius 1 is 1.10 bits per heavy atom. The molecule has 0 unspecified atom stereocenters. The van der Waals surface area contributed by atoms with E-state index in [9.17, 15) is 9.59 Å². The van der Waals surface area contributed by atoms with Gasteiger partial charge in [-0.15, -0.1) is 0 Å². The Bertz CT molecular complexity index is 1130. The summed E-state index contributed by atoms with van der Waals surface area (Å²) in [6.45, 7) is 3.70. The molecule has 0 atom stereocenters. The van der Waals surface area contributed by atoms with Gasteiger partial charge in [0.2, 0.25) is 0 Å². The number of methoxy groups -OCH3 is 2. The van der Waals surface area contributed by atoms with E-state index in [4.69, 9.17) is 14.2 Å². The van der Waals surface area contributed by atoms with Crippen molar-refractivity contribution < 1.29 is 23.8 Å². The highest BCUT2D eigenvalue weighted by molar-refractivity contribution is 7.16. The van der Waals surface area contributed by atoms with E-state index in [-0.39, 0.29) is 13.2 Å². The standard InChI is InChI=1S/C21H22N2O5S/c1-13-9-14(2)20-15(10-13)23(11-19(25)27-4)21(29-20)22-18(24)12-28-17-8-6-5-7-16(17)26-3/h5-10H,11-12H2,1-4H3. The lowest BCUT2D eigenvalue weighted by Crippen LogP contribution is -2.23. The van der Waals surface area contributed by atoms with Gasteiger partial charge in [0, 0.05) is 0 Å². The molecule has 1 heterocycles. The number of amides is 1. The van der Waals surface area contributed by atoms with Crippen LogP contribution in [0, 0.1) is 13.8 Å². The Balaban J connectivity index is 1.95. The molecule has 7 nitrogen and oxygen atoms in total. The van der Waals surface area contributed by atoms with Crippen molar-refractivity contribution in [2.45, 2.75) is 20.4 Å². The Morgan fingerprint density at radius 3 is 2.52 bits per heavy atom. The van der Waals surface area contributed by atoms with Gasteiger partial charge in [0.05, 0.1) is 24.4 Å². The first-order valence-corrected chi connectivity index (χ1v) is 9.75. The third-order valence-electron chi connectivity index (χ3n) is 4.27. The number of benzene rings is 2. The smallest absolute Gasteiger partial charge is 0.325 e. The van der Waals surface area contributed by atoms with Crippen LogP contribution in [0.5, 0.6) is 11.5 Å². The average molecular weight is 414 g/mol. The second-order valence-corrected chi connectivity index (χ2v) is 7.40. The van der Waals surface area contributed by atoms with Crippen LogP contribution in [0.3, 0.4) is 0 Å². The summed E-state index contributed by atoms with van der Waals surface area (Å²) in [5.74, 6) is 0.122. The minimum atomic E-state index is -0.463. The molecule has 0 aliphatic carbocycles. The van der Waals surface area contributed by atoms with Crippen molar-refractivity contribution >= 4 is 33.4 Å². The average Bonchev–Trinajstić information content (AvgIpc) is 3.03. The third-order valence-corrected chi connectivity index (χ3v) is 5.50. The van der Waals surface area contributed by atoms with Gasteiger partial charge in [0.15, 0.2) is 22.9 Å². The van der Waals surface area contributed by atoms with Crippen LogP contribution in [0.4, 0.5) is 0 Å². The van der Waals surface area contributed by atoms with Crippen molar-refractivity contribution in [3.8, 4) is 11.5 Å². The number of thiazole rings is 1. The van der Waals surface area contributed by atoms with Crippen LogP contribution >= 0.6 is 11.3 Å². The fraction of sp³-hybridized carbons (Fsp3) is 0.286. The number of aryl methyl sites for hydroxylation is 2. The summed E-state index contributed by atoms with van der Waals surface area (Å²) in [6, 6.07) is 11.1. The van der Waals surface area contributed by atoms with Crippen LogP contribution in [0.25, 0.3) is 10.2 Å². The highest BCUT2D eigenvalue weighted by Gasteiger charge is 2.14. The summed E-state index contributed by atoms with van der Waals surface area (Å²) in [4.78, 5) is 29.0. The lowest BCUT2D eigenvalue weighted by atomic mass is 10.1. The second-order valence-electron chi connectivity index (χ2n) is 6.42. The maximum absolute atomic E-state index is 12.5.